The van der Waals surface area contributed by atoms with Crippen molar-refractivity contribution in [2.75, 3.05) is 14.1 Å². The molecule has 4 rings (SSSR count). The van der Waals surface area contributed by atoms with Crippen molar-refractivity contribution >= 4 is 29.2 Å². The molecule has 2 atom stereocenters. The number of imide groups is 2. The van der Waals surface area contributed by atoms with Gasteiger partial charge in [-0.2, -0.15) is 0 Å². The molecule has 1 aliphatic carbocycles. The lowest BCUT2D eigenvalue weighted by molar-refractivity contribution is -0.394. The smallest absolute Gasteiger partial charge is 0.273 e. The zero-order valence-corrected chi connectivity index (χ0v) is 16.4. The average Bonchev–Trinajstić information content (AvgIpc) is 3.46. The third-order valence-electron chi connectivity index (χ3n) is 5.96. The Kier molecular flexibility index (Phi) is 4.35. The van der Waals surface area contributed by atoms with E-state index in [1.165, 1.54) is 14.1 Å². The van der Waals surface area contributed by atoms with Gasteiger partial charge in [0.1, 0.15) is 5.41 Å². The SMILES string of the molecule is CN1C(=O)N(C)C(=O)C2(C1=O)[C@H](c1ccccc1)[C@H]2c1cc([N+](=O)[O-])cc([N+](=O)[O-])c1. The molecule has 0 unspecified atom stereocenters. The number of non-ortho nitro benzene ring substituents is 2. The highest BCUT2D eigenvalue weighted by atomic mass is 16.6. The number of carbonyl (C=O) groups excluding carboxylic acids is 3. The Morgan fingerprint density at radius 3 is 1.68 bits per heavy atom. The van der Waals surface area contributed by atoms with Gasteiger partial charge in [0.15, 0.2) is 0 Å². The summed E-state index contributed by atoms with van der Waals surface area (Å²) in [6, 6.07) is 10.9. The lowest BCUT2D eigenvalue weighted by atomic mass is 9.92. The maximum absolute atomic E-state index is 13.3. The second kappa shape index (κ2) is 6.69. The molecule has 1 aliphatic heterocycles. The van der Waals surface area contributed by atoms with Crippen LogP contribution in [0.3, 0.4) is 0 Å². The van der Waals surface area contributed by atoms with Crippen LogP contribution in [0.5, 0.6) is 0 Å². The minimum absolute atomic E-state index is 0.118. The summed E-state index contributed by atoms with van der Waals surface area (Å²) >= 11 is 0. The Balaban J connectivity index is 1.95. The molecule has 0 bridgehead atoms. The van der Waals surface area contributed by atoms with Crippen molar-refractivity contribution in [3.05, 3.63) is 79.9 Å². The first-order valence-electron chi connectivity index (χ1n) is 9.21. The number of nitro benzene ring substituents is 2. The molecule has 0 aromatic heterocycles. The number of nitrogens with zero attached hydrogens (tertiary/aromatic N) is 4. The molecule has 31 heavy (non-hydrogen) atoms. The number of rotatable bonds is 4. The fraction of sp³-hybridized carbons (Fsp3) is 0.250. The van der Waals surface area contributed by atoms with Gasteiger partial charge >= 0.3 is 6.03 Å². The van der Waals surface area contributed by atoms with Crippen LogP contribution in [0.1, 0.15) is 23.0 Å². The van der Waals surface area contributed by atoms with Crippen LogP contribution in [-0.2, 0) is 9.59 Å². The van der Waals surface area contributed by atoms with Crippen LogP contribution in [0.15, 0.2) is 48.5 Å². The highest BCUT2D eigenvalue weighted by molar-refractivity contribution is 6.22. The fourth-order valence-corrected chi connectivity index (χ4v) is 4.54. The molecule has 1 saturated carbocycles. The Hall–Kier alpha value is -4.15. The molecular formula is C20H16N4O7. The topological polar surface area (TPSA) is 144 Å². The molecule has 11 nitrogen and oxygen atoms in total. The Morgan fingerprint density at radius 2 is 1.23 bits per heavy atom. The lowest BCUT2D eigenvalue weighted by Gasteiger charge is -2.34. The summed E-state index contributed by atoms with van der Waals surface area (Å²) in [5.74, 6) is -3.14. The summed E-state index contributed by atoms with van der Waals surface area (Å²) in [5.41, 5.74) is -2.03. The quantitative estimate of drug-likeness (QED) is 0.416. The van der Waals surface area contributed by atoms with E-state index in [0.29, 0.717) is 5.56 Å². The second-order valence-corrected chi connectivity index (χ2v) is 7.54. The number of carbonyl (C=O) groups is 3. The molecule has 4 amide bonds. The van der Waals surface area contributed by atoms with Crippen molar-refractivity contribution in [3.63, 3.8) is 0 Å². The van der Waals surface area contributed by atoms with Crippen molar-refractivity contribution in [1.82, 2.24) is 9.80 Å². The first-order valence-corrected chi connectivity index (χ1v) is 9.21. The predicted octanol–water partition coefficient (Wildman–Crippen LogP) is 2.42. The molecule has 158 valence electrons. The van der Waals surface area contributed by atoms with E-state index < -0.39 is 56.3 Å². The van der Waals surface area contributed by atoms with Crippen LogP contribution in [0.2, 0.25) is 0 Å². The first-order chi connectivity index (χ1) is 14.6. The molecule has 2 aromatic carbocycles. The van der Waals surface area contributed by atoms with E-state index in [2.05, 4.69) is 0 Å². The summed E-state index contributed by atoms with van der Waals surface area (Å²) in [6.45, 7) is 0. The molecule has 1 heterocycles. The van der Waals surface area contributed by atoms with Crippen LogP contribution in [0.4, 0.5) is 16.2 Å². The van der Waals surface area contributed by atoms with Gasteiger partial charge in [-0.1, -0.05) is 30.3 Å². The van der Waals surface area contributed by atoms with E-state index in [-0.39, 0.29) is 5.56 Å². The van der Waals surface area contributed by atoms with Crippen molar-refractivity contribution in [2.24, 2.45) is 5.41 Å². The Morgan fingerprint density at radius 1 is 0.774 bits per heavy atom. The molecule has 2 aromatic rings. The van der Waals surface area contributed by atoms with Gasteiger partial charge in [-0.3, -0.25) is 39.6 Å². The van der Waals surface area contributed by atoms with Gasteiger partial charge in [-0.15, -0.1) is 0 Å². The van der Waals surface area contributed by atoms with Crippen LogP contribution in [-0.4, -0.2) is 51.6 Å². The zero-order chi connectivity index (χ0) is 22.7. The molecule has 2 fully saturated rings. The number of benzene rings is 2. The largest absolute Gasteiger partial charge is 0.332 e. The monoisotopic (exact) mass is 424 g/mol. The third-order valence-corrected chi connectivity index (χ3v) is 5.96. The third kappa shape index (κ3) is 2.70. The van der Waals surface area contributed by atoms with Gasteiger partial charge in [0.2, 0.25) is 11.8 Å². The van der Waals surface area contributed by atoms with Gasteiger partial charge in [-0.25, -0.2) is 4.79 Å². The molecular weight excluding hydrogens is 408 g/mol. The number of hydrogen-bond acceptors (Lipinski definition) is 7. The van der Waals surface area contributed by atoms with E-state index in [1.807, 2.05) is 0 Å². The highest BCUT2D eigenvalue weighted by Gasteiger charge is 2.78. The molecule has 1 saturated heterocycles. The van der Waals surface area contributed by atoms with E-state index in [4.69, 9.17) is 0 Å². The molecule has 0 radical (unpaired) electrons. The average molecular weight is 424 g/mol. The zero-order valence-electron chi connectivity index (χ0n) is 16.4. The van der Waals surface area contributed by atoms with E-state index >= 15 is 0 Å². The number of hydrogen-bond donors (Lipinski definition) is 0. The van der Waals surface area contributed by atoms with Gasteiger partial charge < -0.3 is 0 Å². The minimum atomic E-state index is -1.72. The number of urea groups is 1. The van der Waals surface area contributed by atoms with Crippen LogP contribution < -0.4 is 0 Å². The van der Waals surface area contributed by atoms with E-state index in [9.17, 15) is 34.6 Å². The number of barbiturate groups is 1. The predicted molar refractivity (Wildman–Crippen MR) is 105 cm³/mol. The molecule has 11 heteroatoms. The van der Waals surface area contributed by atoms with Gasteiger partial charge in [0, 0.05) is 38.1 Å². The van der Waals surface area contributed by atoms with Crippen LogP contribution in [0.25, 0.3) is 0 Å². The summed E-state index contributed by atoms with van der Waals surface area (Å²) < 4.78 is 0. The minimum Gasteiger partial charge on any atom is -0.273 e. The second-order valence-electron chi connectivity index (χ2n) is 7.54. The van der Waals surface area contributed by atoms with Crippen molar-refractivity contribution in [1.29, 1.82) is 0 Å². The maximum atomic E-state index is 13.3. The Bertz CT molecular complexity index is 1110. The molecule has 0 N–H and O–H groups in total. The maximum Gasteiger partial charge on any atom is 0.332 e. The van der Waals surface area contributed by atoms with Crippen molar-refractivity contribution in [2.45, 2.75) is 11.8 Å². The lowest BCUT2D eigenvalue weighted by Crippen LogP contribution is -2.59. The highest BCUT2D eigenvalue weighted by Crippen LogP contribution is 2.72. The summed E-state index contributed by atoms with van der Waals surface area (Å²) in [4.78, 5) is 61.7. The van der Waals surface area contributed by atoms with Crippen molar-refractivity contribution < 1.29 is 24.2 Å². The molecule has 2 aliphatic rings. The Labute approximate surface area is 175 Å². The first kappa shape index (κ1) is 20.1. The van der Waals surface area contributed by atoms with Crippen molar-refractivity contribution in [3.8, 4) is 0 Å². The van der Waals surface area contributed by atoms with E-state index in [1.54, 1.807) is 30.3 Å². The van der Waals surface area contributed by atoms with Crippen LogP contribution in [0, 0.1) is 25.6 Å². The van der Waals surface area contributed by atoms with Crippen LogP contribution >= 0.6 is 0 Å². The van der Waals surface area contributed by atoms with Gasteiger partial charge in [-0.05, 0) is 11.1 Å². The number of amides is 4. The standard InChI is InChI=1S/C20H16N4O7/c1-21-17(25)20(18(26)22(2)19(21)27)15(11-6-4-3-5-7-11)16(20)12-8-13(23(28)29)10-14(9-12)24(30)31/h3-10,15-16H,1-2H3/t15-,16-/m1/s1. The normalized spacial score (nSPS) is 22.1. The summed E-state index contributed by atoms with van der Waals surface area (Å²) in [6.07, 6.45) is 0. The summed E-state index contributed by atoms with van der Waals surface area (Å²) in [7, 11) is 2.51. The molecule has 1 spiro atoms. The summed E-state index contributed by atoms with van der Waals surface area (Å²) in [5, 5.41) is 22.7. The number of nitro groups is 2. The van der Waals surface area contributed by atoms with E-state index in [0.717, 1.165) is 28.0 Å². The fourth-order valence-electron chi connectivity index (χ4n) is 4.54. The van der Waals surface area contributed by atoms with Gasteiger partial charge in [0.05, 0.1) is 15.9 Å². The van der Waals surface area contributed by atoms with Gasteiger partial charge in [0.25, 0.3) is 11.4 Å².